The zero-order valence-corrected chi connectivity index (χ0v) is 13.0. The average Bonchev–Trinajstić information content (AvgIpc) is 2.45. The van der Waals surface area contributed by atoms with E-state index in [0.717, 1.165) is 28.8 Å². The highest BCUT2D eigenvalue weighted by atomic mass is 79.9. The van der Waals surface area contributed by atoms with Crippen LogP contribution >= 0.6 is 15.9 Å². The maximum absolute atomic E-state index is 5.95. The normalized spacial score (nSPS) is 22.0. The molecule has 2 rings (SSSR count). The second-order valence-corrected chi connectivity index (χ2v) is 6.17. The molecule has 0 saturated carbocycles. The van der Waals surface area contributed by atoms with E-state index >= 15 is 0 Å². The van der Waals surface area contributed by atoms with Crippen LogP contribution in [0.4, 0.5) is 11.4 Å². The van der Waals surface area contributed by atoms with Crippen molar-refractivity contribution in [1.82, 2.24) is 4.90 Å². The highest BCUT2D eigenvalue weighted by Crippen LogP contribution is 2.32. The number of hydrogen-bond donors (Lipinski definition) is 1. The van der Waals surface area contributed by atoms with E-state index < -0.39 is 0 Å². The Morgan fingerprint density at radius 2 is 2.06 bits per heavy atom. The van der Waals surface area contributed by atoms with Crippen molar-refractivity contribution in [3.05, 3.63) is 22.2 Å². The molecule has 100 valence electrons. The molecule has 1 heterocycles. The van der Waals surface area contributed by atoms with Gasteiger partial charge in [0.1, 0.15) is 0 Å². The molecule has 4 heteroatoms. The molecular weight excluding hydrogens is 290 g/mol. The van der Waals surface area contributed by atoms with Gasteiger partial charge in [-0.2, -0.15) is 0 Å². The minimum atomic E-state index is 0.525. The molecule has 0 aliphatic carbocycles. The van der Waals surface area contributed by atoms with Gasteiger partial charge in [0.15, 0.2) is 0 Å². The molecule has 2 N–H and O–H groups in total. The molecule has 0 aromatic heterocycles. The third-order valence-electron chi connectivity index (χ3n) is 3.69. The number of nitrogens with two attached hydrogens (primary N) is 1. The fourth-order valence-electron chi connectivity index (χ4n) is 2.63. The summed E-state index contributed by atoms with van der Waals surface area (Å²) in [5.74, 6) is 0. The van der Waals surface area contributed by atoms with Crippen molar-refractivity contribution in [1.29, 1.82) is 0 Å². The third-order valence-corrected chi connectivity index (χ3v) is 4.33. The average molecular weight is 312 g/mol. The highest BCUT2D eigenvalue weighted by Gasteiger charge is 2.21. The first-order chi connectivity index (χ1) is 8.49. The van der Waals surface area contributed by atoms with E-state index in [-0.39, 0.29) is 0 Å². The van der Waals surface area contributed by atoms with E-state index in [1.807, 2.05) is 6.07 Å². The minimum Gasteiger partial charge on any atom is -0.398 e. The summed E-state index contributed by atoms with van der Waals surface area (Å²) in [7, 11) is 2.20. The van der Waals surface area contributed by atoms with Crippen LogP contribution in [-0.2, 0) is 0 Å². The lowest BCUT2D eigenvalue weighted by molar-refractivity contribution is 0.337. The Morgan fingerprint density at radius 3 is 2.78 bits per heavy atom. The molecule has 3 nitrogen and oxygen atoms in total. The maximum Gasteiger partial charge on any atom is 0.0517 e. The van der Waals surface area contributed by atoms with Gasteiger partial charge in [-0.3, -0.25) is 0 Å². The predicted molar refractivity (Wildman–Crippen MR) is 82.2 cm³/mol. The number of benzene rings is 1. The van der Waals surface area contributed by atoms with Gasteiger partial charge in [-0.15, -0.1) is 0 Å². The molecule has 0 radical (unpaired) electrons. The molecule has 1 aromatic rings. The first-order valence-corrected chi connectivity index (χ1v) is 7.29. The van der Waals surface area contributed by atoms with E-state index in [1.165, 1.54) is 18.7 Å². The second kappa shape index (κ2) is 5.49. The predicted octanol–water partition coefficient (Wildman–Crippen LogP) is 2.87. The number of rotatable bonds is 1. The van der Waals surface area contributed by atoms with Crippen molar-refractivity contribution in [2.45, 2.75) is 26.3 Å². The van der Waals surface area contributed by atoms with Crippen LogP contribution in [0, 0.1) is 6.92 Å². The first-order valence-electron chi connectivity index (χ1n) is 6.50. The molecule has 18 heavy (non-hydrogen) atoms. The van der Waals surface area contributed by atoms with Crippen LogP contribution in [0.1, 0.15) is 18.9 Å². The van der Waals surface area contributed by atoms with Gasteiger partial charge in [0.25, 0.3) is 0 Å². The van der Waals surface area contributed by atoms with Crippen molar-refractivity contribution in [3.63, 3.8) is 0 Å². The highest BCUT2D eigenvalue weighted by molar-refractivity contribution is 9.10. The fraction of sp³-hybridized carbons (Fsp3) is 0.571. The molecule has 1 fully saturated rings. The summed E-state index contributed by atoms with van der Waals surface area (Å²) in [6.45, 7) is 7.75. The van der Waals surface area contributed by atoms with E-state index in [1.54, 1.807) is 0 Å². The van der Waals surface area contributed by atoms with Gasteiger partial charge in [-0.05, 0) is 67.5 Å². The van der Waals surface area contributed by atoms with Crippen LogP contribution in [0.2, 0.25) is 0 Å². The van der Waals surface area contributed by atoms with Gasteiger partial charge in [0.05, 0.1) is 5.69 Å². The number of nitrogen functional groups attached to an aromatic ring is 1. The summed E-state index contributed by atoms with van der Waals surface area (Å²) in [5.41, 5.74) is 9.22. The van der Waals surface area contributed by atoms with E-state index in [4.69, 9.17) is 5.73 Å². The first kappa shape index (κ1) is 13.7. The summed E-state index contributed by atoms with van der Waals surface area (Å²) in [6, 6.07) is 4.74. The molecule has 1 aromatic carbocycles. The number of hydrogen-bond acceptors (Lipinski definition) is 3. The summed E-state index contributed by atoms with van der Waals surface area (Å²) in [5, 5.41) is 0. The van der Waals surface area contributed by atoms with Crippen molar-refractivity contribution < 1.29 is 0 Å². The van der Waals surface area contributed by atoms with Crippen LogP contribution in [-0.4, -0.2) is 37.6 Å². The summed E-state index contributed by atoms with van der Waals surface area (Å²) < 4.78 is 1.10. The van der Waals surface area contributed by atoms with Crippen LogP contribution in [0.15, 0.2) is 16.6 Å². The lowest BCUT2D eigenvalue weighted by atomic mass is 10.1. The molecule has 0 bridgehead atoms. The molecule has 1 aliphatic heterocycles. The molecule has 0 spiro atoms. The van der Waals surface area contributed by atoms with Gasteiger partial charge < -0.3 is 15.5 Å². The SMILES string of the molecule is Cc1cc(N2CCCN(C)CC2C)c(Br)cc1N. The summed E-state index contributed by atoms with van der Waals surface area (Å²) in [6.07, 6.45) is 1.21. The zero-order chi connectivity index (χ0) is 13.3. The Morgan fingerprint density at radius 1 is 1.33 bits per heavy atom. The number of anilines is 2. The molecule has 1 atom stereocenters. The smallest absolute Gasteiger partial charge is 0.0517 e. The number of likely N-dealkylation sites (N-methyl/N-ethyl adjacent to an activating group) is 1. The standard InChI is InChI=1S/C14H22BrN3/c1-10-7-14(12(15)8-13(10)16)18-6-4-5-17(3)9-11(18)2/h7-8,11H,4-6,9,16H2,1-3H3. The van der Waals surface area contributed by atoms with Crippen LogP contribution in [0.25, 0.3) is 0 Å². The maximum atomic E-state index is 5.95. The topological polar surface area (TPSA) is 32.5 Å². The Labute approximate surface area is 118 Å². The molecule has 1 unspecified atom stereocenters. The Bertz CT molecular complexity index is 433. The van der Waals surface area contributed by atoms with E-state index in [0.29, 0.717) is 6.04 Å². The number of aryl methyl sites for hydroxylation is 1. The van der Waals surface area contributed by atoms with E-state index in [9.17, 15) is 0 Å². The van der Waals surface area contributed by atoms with Crippen LogP contribution in [0.5, 0.6) is 0 Å². The summed E-state index contributed by atoms with van der Waals surface area (Å²) in [4.78, 5) is 4.89. The lowest BCUT2D eigenvalue weighted by Gasteiger charge is -2.31. The molecule has 1 saturated heterocycles. The monoisotopic (exact) mass is 311 g/mol. The quantitative estimate of drug-likeness (QED) is 0.809. The number of halogens is 1. The lowest BCUT2D eigenvalue weighted by Crippen LogP contribution is -2.38. The van der Waals surface area contributed by atoms with Crippen LogP contribution < -0.4 is 10.6 Å². The van der Waals surface area contributed by atoms with Gasteiger partial charge in [-0.25, -0.2) is 0 Å². The van der Waals surface area contributed by atoms with Gasteiger partial charge in [0.2, 0.25) is 0 Å². The van der Waals surface area contributed by atoms with Crippen molar-refractivity contribution >= 4 is 27.3 Å². The van der Waals surface area contributed by atoms with Crippen molar-refractivity contribution in [3.8, 4) is 0 Å². The van der Waals surface area contributed by atoms with Crippen molar-refractivity contribution in [2.75, 3.05) is 37.3 Å². The third kappa shape index (κ3) is 2.81. The van der Waals surface area contributed by atoms with E-state index in [2.05, 4.69) is 52.7 Å². The molecule has 0 amide bonds. The van der Waals surface area contributed by atoms with Gasteiger partial charge >= 0.3 is 0 Å². The minimum absolute atomic E-state index is 0.525. The zero-order valence-electron chi connectivity index (χ0n) is 11.4. The van der Waals surface area contributed by atoms with Crippen LogP contribution in [0.3, 0.4) is 0 Å². The Kier molecular flexibility index (Phi) is 4.17. The summed E-state index contributed by atoms with van der Waals surface area (Å²) >= 11 is 3.65. The molecular formula is C14H22BrN3. The van der Waals surface area contributed by atoms with Gasteiger partial charge in [0, 0.05) is 29.3 Å². The fourth-order valence-corrected chi connectivity index (χ4v) is 3.22. The Hall–Kier alpha value is -0.740. The largest absolute Gasteiger partial charge is 0.398 e. The van der Waals surface area contributed by atoms with Crippen molar-refractivity contribution in [2.24, 2.45) is 0 Å². The second-order valence-electron chi connectivity index (χ2n) is 5.32. The molecule has 1 aliphatic rings. The number of nitrogens with zero attached hydrogens (tertiary/aromatic N) is 2. The van der Waals surface area contributed by atoms with Gasteiger partial charge in [-0.1, -0.05) is 0 Å². The Balaban J connectivity index is 2.32.